The molecule has 0 unspecified atom stereocenters. The molecule has 2 N–H and O–H groups in total. The third-order valence-electron chi connectivity index (χ3n) is 7.72. The molecule has 206 valence electrons. The van der Waals surface area contributed by atoms with Gasteiger partial charge in [0.1, 0.15) is 0 Å². The fraction of sp³-hybridized carbons (Fsp3) is 0.935. The average Bonchev–Trinajstić information content (AvgIpc) is 3.27. The molecule has 1 rings (SSSR count). The van der Waals surface area contributed by atoms with Crippen LogP contribution in [0.2, 0.25) is 0 Å². The van der Waals surface area contributed by atoms with Crippen molar-refractivity contribution in [2.24, 2.45) is 0 Å². The van der Waals surface area contributed by atoms with Gasteiger partial charge in [0.25, 0.3) is 0 Å². The summed E-state index contributed by atoms with van der Waals surface area (Å²) in [4.78, 5) is 24.8. The molecule has 0 radical (unpaired) electrons. The summed E-state index contributed by atoms with van der Waals surface area (Å²) in [7, 11) is 0. The maximum atomic E-state index is 12.4. The van der Waals surface area contributed by atoms with Gasteiger partial charge in [-0.25, -0.2) is 0 Å². The molecule has 4 nitrogen and oxygen atoms in total. The first-order valence-corrected chi connectivity index (χ1v) is 15.8. The lowest BCUT2D eigenvalue weighted by Gasteiger charge is -2.22. The second-order valence-corrected chi connectivity index (χ2v) is 11.1. The zero-order valence-electron chi connectivity index (χ0n) is 23.6. The first kappa shape index (κ1) is 32.0. The summed E-state index contributed by atoms with van der Waals surface area (Å²) in [5.41, 5.74) is 0. The molecule has 0 heterocycles. The zero-order valence-corrected chi connectivity index (χ0v) is 23.6. The van der Waals surface area contributed by atoms with E-state index in [0.29, 0.717) is 12.8 Å². The van der Waals surface area contributed by atoms with Crippen LogP contribution in [0.4, 0.5) is 0 Å². The van der Waals surface area contributed by atoms with E-state index in [1.165, 1.54) is 103 Å². The molecule has 0 bridgehead atoms. The molecule has 0 aromatic carbocycles. The van der Waals surface area contributed by atoms with Crippen molar-refractivity contribution in [3.05, 3.63) is 0 Å². The highest BCUT2D eigenvalue weighted by Gasteiger charge is 2.29. The number of carbonyl (C=O) groups excluding carboxylic acids is 2. The predicted molar refractivity (Wildman–Crippen MR) is 151 cm³/mol. The number of unbranched alkanes of at least 4 members (excludes halogenated alkanes) is 18. The topological polar surface area (TPSA) is 58.2 Å². The van der Waals surface area contributed by atoms with Crippen molar-refractivity contribution < 1.29 is 9.59 Å². The molecule has 1 saturated carbocycles. The van der Waals surface area contributed by atoms with Crippen LogP contribution in [0.1, 0.15) is 174 Å². The van der Waals surface area contributed by atoms with Crippen LogP contribution in [0.3, 0.4) is 0 Å². The van der Waals surface area contributed by atoms with Gasteiger partial charge in [-0.1, -0.05) is 129 Å². The number of hydrogen-bond donors (Lipinski definition) is 2. The van der Waals surface area contributed by atoms with Crippen LogP contribution in [0.25, 0.3) is 0 Å². The third kappa shape index (κ3) is 18.8. The van der Waals surface area contributed by atoms with E-state index in [2.05, 4.69) is 24.5 Å². The van der Waals surface area contributed by atoms with Crippen LogP contribution >= 0.6 is 0 Å². The van der Waals surface area contributed by atoms with Crippen molar-refractivity contribution in [2.45, 2.75) is 186 Å². The van der Waals surface area contributed by atoms with Gasteiger partial charge in [0.2, 0.25) is 11.8 Å². The molecule has 1 fully saturated rings. The Kier molecular flexibility index (Phi) is 21.3. The highest BCUT2D eigenvalue weighted by Crippen LogP contribution is 2.20. The van der Waals surface area contributed by atoms with Crippen LogP contribution in [0.5, 0.6) is 0 Å². The third-order valence-corrected chi connectivity index (χ3v) is 7.72. The molecular formula is C31H60N2O2. The van der Waals surface area contributed by atoms with Crippen molar-refractivity contribution in [2.75, 3.05) is 0 Å². The fourth-order valence-corrected chi connectivity index (χ4v) is 5.41. The summed E-state index contributed by atoms with van der Waals surface area (Å²) in [5, 5.41) is 6.44. The van der Waals surface area contributed by atoms with Crippen molar-refractivity contribution in [1.82, 2.24) is 10.6 Å². The molecule has 35 heavy (non-hydrogen) atoms. The maximum Gasteiger partial charge on any atom is 0.220 e. The minimum atomic E-state index is 0.127. The molecule has 0 aromatic rings. The van der Waals surface area contributed by atoms with Gasteiger partial charge < -0.3 is 10.6 Å². The first-order chi connectivity index (χ1) is 17.2. The number of rotatable bonds is 24. The Morgan fingerprint density at radius 2 is 0.771 bits per heavy atom. The first-order valence-electron chi connectivity index (χ1n) is 15.8. The molecule has 0 spiro atoms. The summed E-state index contributed by atoms with van der Waals surface area (Å²) in [6, 6.07) is 0.254. The average molecular weight is 493 g/mol. The lowest BCUT2D eigenvalue weighted by Crippen LogP contribution is -2.48. The Balaban J connectivity index is 2.00. The van der Waals surface area contributed by atoms with Crippen LogP contribution in [0.15, 0.2) is 0 Å². The highest BCUT2D eigenvalue weighted by atomic mass is 16.2. The van der Waals surface area contributed by atoms with Gasteiger partial charge in [-0.15, -0.1) is 0 Å². The zero-order chi connectivity index (χ0) is 25.4. The lowest BCUT2D eigenvalue weighted by molar-refractivity contribution is -0.124. The van der Waals surface area contributed by atoms with Gasteiger partial charge >= 0.3 is 0 Å². The monoisotopic (exact) mass is 492 g/mol. The predicted octanol–water partition coefficient (Wildman–Crippen LogP) is 8.76. The van der Waals surface area contributed by atoms with E-state index in [9.17, 15) is 9.59 Å². The van der Waals surface area contributed by atoms with Crippen molar-refractivity contribution in [3.8, 4) is 0 Å². The smallest absolute Gasteiger partial charge is 0.220 e. The number of amides is 2. The van der Waals surface area contributed by atoms with E-state index >= 15 is 0 Å². The summed E-state index contributed by atoms with van der Waals surface area (Å²) in [6.45, 7) is 4.53. The molecular weight excluding hydrogens is 432 g/mol. The normalized spacial score (nSPS) is 17.5. The van der Waals surface area contributed by atoms with Crippen molar-refractivity contribution in [1.29, 1.82) is 0 Å². The molecule has 0 aromatic heterocycles. The van der Waals surface area contributed by atoms with E-state index in [0.717, 1.165) is 44.9 Å². The molecule has 2 amide bonds. The van der Waals surface area contributed by atoms with Gasteiger partial charge in [0.15, 0.2) is 0 Å². The van der Waals surface area contributed by atoms with Crippen LogP contribution in [-0.2, 0) is 9.59 Å². The molecule has 1 aliphatic rings. The summed E-state index contributed by atoms with van der Waals surface area (Å²) in [6.07, 6.45) is 30.1. The molecule has 2 atom stereocenters. The lowest BCUT2D eigenvalue weighted by atomic mass is 10.1. The Morgan fingerprint density at radius 3 is 1.09 bits per heavy atom. The second-order valence-electron chi connectivity index (χ2n) is 11.1. The van der Waals surface area contributed by atoms with Gasteiger partial charge in [0.05, 0.1) is 0 Å². The Morgan fingerprint density at radius 1 is 0.486 bits per heavy atom. The standard InChI is InChI=1S/C31H60N2O2/c1-3-5-7-9-11-13-15-17-19-21-26-30(34)32-28-24-23-25-29(28)33-31(35)27-22-20-18-16-14-12-10-8-6-4-2/h28-29H,3-27H2,1-2H3,(H,32,34)(H,33,35)/t28-,29+. The maximum absolute atomic E-state index is 12.4. The van der Waals surface area contributed by atoms with Gasteiger partial charge in [-0.05, 0) is 32.1 Å². The summed E-state index contributed by atoms with van der Waals surface area (Å²) >= 11 is 0. The SMILES string of the molecule is CCCCCCCCCCCCC(=O)N[C@H]1CCC[C@H]1NC(=O)CCCCCCCCCCCC. The van der Waals surface area contributed by atoms with Crippen LogP contribution in [-0.4, -0.2) is 23.9 Å². The fourth-order valence-electron chi connectivity index (χ4n) is 5.41. The molecule has 0 saturated heterocycles. The Bertz CT molecular complexity index is 464. The van der Waals surface area contributed by atoms with Crippen LogP contribution in [0, 0.1) is 0 Å². The second kappa shape index (κ2) is 23.3. The van der Waals surface area contributed by atoms with Crippen molar-refractivity contribution >= 4 is 11.8 Å². The van der Waals surface area contributed by atoms with Gasteiger partial charge in [0, 0.05) is 24.9 Å². The van der Waals surface area contributed by atoms with Gasteiger partial charge in [-0.3, -0.25) is 9.59 Å². The largest absolute Gasteiger partial charge is 0.351 e. The van der Waals surface area contributed by atoms with Crippen LogP contribution < -0.4 is 10.6 Å². The number of carbonyl (C=O) groups is 2. The van der Waals surface area contributed by atoms with E-state index in [1.54, 1.807) is 0 Å². The molecule has 0 aliphatic heterocycles. The van der Waals surface area contributed by atoms with Gasteiger partial charge in [-0.2, -0.15) is 0 Å². The Labute approximate surface area is 218 Å². The summed E-state index contributed by atoms with van der Waals surface area (Å²) in [5.74, 6) is 0.343. The van der Waals surface area contributed by atoms with E-state index in [1.807, 2.05) is 0 Å². The minimum absolute atomic E-state index is 0.127. The summed E-state index contributed by atoms with van der Waals surface area (Å²) < 4.78 is 0. The Hall–Kier alpha value is -1.06. The van der Waals surface area contributed by atoms with E-state index in [-0.39, 0.29) is 23.9 Å². The minimum Gasteiger partial charge on any atom is -0.351 e. The highest BCUT2D eigenvalue weighted by molar-refractivity contribution is 5.78. The van der Waals surface area contributed by atoms with Crippen molar-refractivity contribution in [3.63, 3.8) is 0 Å². The number of hydrogen-bond acceptors (Lipinski definition) is 2. The molecule has 4 heteroatoms. The molecule has 1 aliphatic carbocycles. The van der Waals surface area contributed by atoms with E-state index < -0.39 is 0 Å². The van der Waals surface area contributed by atoms with E-state index in [4.69, 9.17) is 0 Å². The quantitative estimate of drug-likeness (QED) is 0.132. The number of nitrogens with one attached hydrogen (secondary N) is 2.